The SMILES string of the molecule is COc1cccc(/C=C/C(=O)Nc2ccc(SC#N)cc2)c1. The number of hydrogen-bond acceptors (Lipinski definition) is 4. The molecule has 0 bridgehead atoms. The van der Waals surface area contributed by atoms with E-state index in [-0.39, 0.29) is 5.91 Å². The number of nitriles is 1. The van der Waals surface area contributed by atoms with Crippen LogP contribution in [0.1, 0.15) is 5.56 Å². The summed E-state index contributed by atoms with van der Waals surface area (Å²) in [7, 11) is 1.60. The minimum atomic E-state index is -0.219. The summed E-state index contributed by atoms with van der Waals surface area (Å²) in [5.41, 5.74) is 1.57. The Kier molecular flexibility index (Phi) is 5.64. The van der Waals surface area contributed by atoms with Crippen LogP contribution in [0.5, 0.6) is 5.75 Å². The zero-order valence-corrected chi connectivity index (χ0v) is 12.8. The molecule has 110 valence electrons. The largest absolute Gasteiger partial charge is 0.497 e. The molecular weight excluding hydrogens is 296 g/mol. The highest BCUT2D eigenvalue weighted by Gasteiger charge is 1.99. The van der Waals surface area contributed by atoms with Crippen molar-refractivity contribution in [1.29, 1.82) is 5.26 Å². The highest BCUT2D eigenvalue weighted by molar-refractivity contribution is 8.03. The van der Waals surface area contributed by atoms with E-state index in [1.54, 1.807) is 37.5 Å². The van der Waals surface area contributed by atoms with Gasteiger partial charge in [0.15, 0.2) is 0 Å². The zero-order chi connectivity index (χ0) is 15.8. The second kappa shape index (κ2) is 7.91. The molecule has 0 heterocycles. The molecule has 0 fully saturated rings. The third-order valence-electron chi connectivity index (χ3n) is 2.81. The molecule has 22 heavy (non-hydrogen) atoms. The van der Waals surface area contributed by atoms with Crippen molar-refractivity contribution in [2.45, 2.75) is 4.90 Å². The highest BCUT2D eigenvalue weighted by atomic mass is 32.2. The van der Waals surface area contributed by atoms with Crippen LogP contribution in [0.3, 0.4) is 0 Å². The van der Waals surface area contributed by atoms with E-state index in [1.165, 1.54) is 6.08 Å². The molecule has 0 radical (unpaired) electrons. The Morgan fingerprint density at radius 1 is 1.27 bits per heavy atom. The van der Waals surface area contributed by atoms with Gasteiger partial charge in [-0.2, -0.15) is 5.26 Å². The first-order valence-corrected chi connectivity index (χ1v) is 7.32. The lowest BCUT2D eigenvalue weighted by Crippen LogP contribution is -2.07. The van der Waals surface area contributed by atoms with E-state index < -0.39 is 0 Å². The van der Waals surface area contributed by atoms with Crippen molar-refractivity contribution >= 4 is 29.4 Å². The van der Waals surface area contributed by atoms with Crippen LogP contribution in [-0.2, 0) is 4.79 Å². The summed E-state index contributed by atoms with van der Waals surface area (Å²) in [6.45, 7) is 0. The predicted molar refractivity (Wildman–Crippen MR) is 88.6 cm³/mol. The molecular formula is C17H14N2O2S. The van der Waals surface area contributed by atoms with Crippen LogP contribution in [0.25, 0.3) is 6.08 Å². The molecule has 0 aromatic heterocycles. The fourth-order valence-corrected chi connectivity index (χ4v) is 2.14. The molecule has 5 heteroatoms. The fourth-order valence-electron chi connectivity index (χ4n) is 1.76. The smallest absolute Gasteiger partial charge is 0.248 e. The number of methoxy groups -OCH3 is 1. The molecule has 0 saturated carbocycles. The third-order valence-corrected chi connectivity index (χ3v) is 3.41. The topological polar surface area (TPSA) is 62.1 Å². The number of hydrogen-bond donors (Lipinski definition) is 1. The normalized spacial score (nSPS) is 10.2. The lowest BCUT2D eigenvalue weighted by Gasteiger charge is -2.03. The quantitative estimate of drug-likeness (QED) is 0.516. The van der Waals surface area contributed by atoms with Crippen molar-refractivity contribution in [3.05, 3.63) is 60.2 Å². The van der Waals surface area contributed by atoms with Crippen molar-refractivity contribution in [3.8, 4) is 11.2 Å². The van der Waals surface area contributed by atoms with Crippen LogP contribution >= 0.6 is 11.8 Å². The summed E-state index contributed by atoms with van der Waals surface area (Å²) in [5.74, 6) is 0.525. The lowest BCUT2D eigenvalue weighted by molar-refractivity contribution is -0.111. The number of ether oxygens (including phenoxy) is 1. The van der Waals surface area contributed by atoms with Crippen LogP contribution in [0.2, 0.25) is 0 Å². The number of benzene rings is 2. The molecule has 1 N–H and O–H groups in total. The summed E-state index contributed by atoms with van der Waals surface area (Å²) in [4.78, 5) is 12.7. The molecule has 1 amide bonds. The average Bonchev–Trinajstić information content (AvgIpc) is 2.55. The number of thiocyanates is 1. The monoisotopic (exact) mass is 310 g/mol. The van der Waals surface area contributed by atoms with E-state index in [4.69, 9.17) is 10.00 Å². The summed E-state index contributed by atoms with van der Waals surface area (Å²) in [6, 6.07) is 14.5. The van der Waals surface area contributed by atoms with Gasteiger partial charge in [0.1, 0.15) is 11.2 Å². The number of nitrogens with zero attached hydrogens (tertiary/aromatic N) is 1. The summed E-state index contributed by atoms with van der Waals surface area (Å²) in [5, 5.41) is 13.3. The lowest BCUT2D eigenvalue weighted by atomic mass is 10.2. The molecule has 0 aliphatic heterocycles. The number of nitrogens with one attached hydrogen (secondary N) is 1. The van der Waals surface area contributed by atoms with E-state index in [9.17, 15) is 4.79 Å². The molecule has 0 spiro atoms. The Labute approximate surface area is 133 Å². The summed E-state index contributed by atoms with van der Waals surface area (Å²) in [6.07, 6.45) is 3.18. The van der Waals surface area contributed by atoms with Crippen molar-refractivity contribution in [1.82, 2.24) is 0 Å². The molecule has 2 aromatic carbocycles. The number of rotatable bonds is 5. The Bertz CT molecular complexity index is 718. The van der Waals surface area contributed by atoms with Gasteiger partial charge in [-0.05, 0) is 59.8 Å². The predicted octanol–water partition coefficient (Wildman–Crippen LogP) is 3.92. The fraction of sp³-hybridized carbons (Fsp3) is 0.0588. The van der Waals surface area contributed by atoms with Gasteiger partial charge in [0.2, 0.25) is 5.91 Å². The average molecular weight is 310 g/mol. The third kappa shape index (κ3) is 4.69. The maximum absolute atomic E-state index is 11.9. The van der Waals surface area contributed by atoms with Crippen LogP contribution in [-0.4, -0.2) is 13.0 Å². The molecule has 2 aromatic rings. The van der Waals surface area contributed by atoms with Crippen LogP contribution in [0.4, 0.5) is 5.69 Å². The van der Waals surface area contributed by atoms with Gasteiger partial charge < -0.3 is 10.1 Å². The Morgan fingerprint density at radius 3 is 2.73 bits per heavy atom. The van der Waals surface area contributed by atoms with E-state index in [0.717, 1.165) is 28.0 Å². The zero-order valence-electron chi connectivity index (χ0n) is 11.9. The minimum absolute atomic E-state index is 0.219. The van der Waals surface area contributed by atoms with Gasteiger partial charge in [0.25, 0.3) is 0 Å². The first-order chi connectivity index (χ1) is 10.7. The molecule has 0 saturated heterocycles. The van der Waals surface area contributed by atoms with Gasteiger partial charge in [0.05, 0.1) is 7.11 Å². The summed E-state index contributed by atoms with van der Waals surface area (Å²) >= 11 is 1.08. The Balaban J connectivity index is 1.97. The van der Waals surface area contributed by atoms with Gasteiger partial charge in [0, 0.05) is 16.7 Å². The van der Waals surface area contributed by atoms with E-state index >= 15 is 0 Å². The van der Waals surface area contributed by atoms with Crippen molar-refractivity contribution in [2.24, 2.45) is 0 Å². The van der Waals surface area contributed by atoms with Gasteiger partial charge in [-0.1, -0.05) is 12.1 Å². The molecule has 0 aliphatic rings. The standard InChI is InChI=1S/C17H14N2O2S/c1-21-15-4-2-3-13(11-15)5-10-17(20)19-14-6-8-16(9-7-14)22-12-18/h2-11H,1H3,(H,19,20)/b10-5+. The van der Waals surface area contributed by atoms with E-state index in [2.05, 4.69) is 5.32 Å². The molecule has 0 aliphatic carbocycles. The van der Waals surface area contributed by atoms with Gasteiger partial charge in [-0.15, -0.1) is 0 Å². The maximum atomic E-state index is 11.9. The summed E-state index contributed by atoms with van der Waals surface area (Å²) < 4.78 is 5.13. The molecule has 2 rings (SSSR count). The van der Waals surface area contributed by atoms with Gasteiger partial charge in [-0.25, -0.2) is 0 Å². The second-order valence-electron chi connectivity index (χ2n) is 4.32. The number of anilines is 1. The second-order valence-corrected chi connectivity index (χ2v) is 5.18. The Hall–Kier alpha value is -2.71. The first-order valence-electron chi connectivity index (χ1n) is 6.50. The maximum Gasteiger partial charge on any atom is 0.248 e. The van der Waals surface area contributed by atoms with Crippen LogP contribution < -0.4 is 10.1 Å². The number of carbonyl (C=O) groups is 1. The number of amides is 1. The van der Waals surface area contributed by atoms with Crippen molar-refractivity contribution in [2.75, 3.05) is 12.4 Å². The van der Waals surface area contributed by atoms with Gasteiger partial charge in [-0.3, -0.25) is 4.79 Å². The first kappa shape index (κ1) is 15.7. The molecule has 0 unspecified atom stereocenters. The van der Waals surface area contributed by atoms with Crippen molar-refractivity contribution < 1.29 is 9.53 Å². The molecule has 4 nitrogen and oxygen atoms in total. The van der Waals surface area contributed by atoms with Crippen LogP contribution in [0, 0.1) is 10.7 Å². The minimum Gasteiger partial charge on any atom is -0.497 e. The van der Waals surface area contributed by atoms with E-state index in [0.29, 0.717) is 5.69 Å². The van der Waals surface area contributed by atoms with Crippen molar-refractivity contribution in [3.63, 3.8) is 0 Å². The number of thioether (sulfide) groups is 1. The van der Waals surface area contributed by atoms with Crippen LogP contribution in [0.15, 0.2) is 59.5 Å². The number of carbonyl (C=O) groups excluding carboxylic acids is 1. The highest BCUT2D eigenvalue weighted by Crippen LogP contribution is 2.19. The van der Waals surface area contributed by atoms with Gasteiger partial charge >= 0.3 is 0 Å². The Morgan fingerprint density at radius 2 is 2.05 bits per heavy atom. The molecule has 0 atom stereocenters. The van der Waals surface area contributed by atoms with E-state index in [1.807, 2.05) is 29.7 Å².